The zero-order valence-corrected chi connectivity index (χ0v) is 11.2. The highest BCUT2D eigenvalue weighted by atomic mass is 16.2. The Morgan fingerprint density at radius 3 is 2.71 bits per heavy atom. The lowest BCUT2D eigenvalue weighted by Gasteiger charge is -2.39. The van der Waals surface area contributed by atoms with Gasteiger partial charge in [-0.25, -0.2) is 0 Å². The lowest BCUT2D eigenvalue weighted by molar-refractivity contribution is -0.133. The van der Waals surface area contributed by atoms with Crippen LogP contribution in [0.15, 0.2) is 0 Å². The predicted octanol–water partition coefficient (Wildman–Crippen LogP) is 2.07. The minimum atomic E-state index is -0.143. The highest BCUT2D eigenvalue weighted by molar-refractivity contribution is 5.83. The van der Waals surface area contributed by atoms with E-state index in [0.717, 1.165) is 38.3 Å². The molecule has 0 aromatic carbocycles. The predicted molar refractivity (Wildman–Crippen MR) is 69.8 cm³/mol. The summed E-state index contributed by atoms with van der Waals surface area (Å²) < 4.78 is 0. The molecule has 1 aliphatic carbocycles. The maximum atomic E-state index is 12.5. The molecule has 2 N–H and O–H groups in total. The molecule has 2 rings (SSSR count). The SMILES string of the molecule is CCC1(C(=O)NC(C)C2CCC2)CCCNC1. The molecule has 1 saturated heterocycles. The Morgan fingerprint density at radius 1 is 1.47 bits per heavy atom. The molecule has 1 saturated carbocycles. The molecular formula is C14H26N2O. The minimum Gasteiger partial charge on any atom is -0.353 e. The van der Waals surface area contributed by atoms with Gasteiger partial charge in [0.15, 0.2) is 0 Å². The highest BCUT2D eigenvalue weighted by Gasteiger charge is 2.39. The zero-order chi connectivity index (χ0) is 12.3. The van der Waals surface area contributed by atoms with E-state index in [4.69, 9.17) is 0 Å². The van der Waals surface area contributed by atoms with Crippen molar-refractivity contribution >= 4 is 5.91 Å². The summed E-state index contributed by atoms with van der Waals surface area (Å²) in [7, 11) is 0. The van der Waals surface area contributed by atoms with Crippen LogP contribution in [0.4, 0.5) is 0 Å². The Morgan fingerprint density at radius 2 is 2.24 bits per heavy atom. The molecule has 0 radical (unpaired) electrons. The van der Waals surface area contributed by atoms with Gasteiger partial charge in [-0.15, -0.1) is 0 Å². The highest BCUT2D eigenvalue weighted by Crippen LogP contribution is 2.33. The Kier molecular flexibility index (Phi) is 4.08. The van der Waals surface area contributed by atoms with Crippen LogP contribution in [-0.2, 0) is 4.79 Å². The number of rotatable bonds is 4. The van der Waals surface area contributed by atoms with Gasteiger partial charge in [0.2, 0.25) is 5.91 Å². The molecular weight excluding hydrogens is 212 g/mol. The fraction of sp³-hybridized carbons (Fsp3) is 0.929. The van der Waals surface area contributed by atoms with E-state index < -0.39 is 0 Å². The first kappa shape index (κ1) is 12.9. The molecule has 1 heterocycles. The van der Waals surface area contributed by atoms with Gasteiger partial charge in [-0.3, -0.25) is 4.79 Å². The molecule has 3 heteroatoms. The lowest BCUT2D eigenvalue weighted by atomic mass is 9.76. The number of piperidine rings is 1. The van der Waals surface area contributed by atoms with Crippen LogP contribution in [0, 0.1) is 11.3 Å². The second-order valence-corrected chi connectivity index (χ2v) is 5.87. The molecule has 0 spiro atoms. The van der Waals surface area contributed by atoms with Gasteiger partial charge in [-0.1, -0.05) is 13.3 Å². The fourth-order valence-corrected chi connectivity index (χ4v) is 3.04. The van der Waals surface area contributed by atoms with Crippen LogP contribution in [0.5, 0.6) is 0 Å². The first-order valence-electron chi connectivity index (χ1n) is 7.19. The van der Waals surface area contributed by atoms with Crippen molar-refractivity contribution in [2.75, 3.05) is 13.1 Å². The van der Waals surface area contributed by atoms with Gasteiger partial charge < -0.3 is 10.6 Å². The molecule has 98 valence electrons. The zero-order valence-electron chi connectivity index (χ0n) is 11.2. The van der Waals surface area contributed by atoms with E-state index in [-0.39, 0.29) is 11.3 Å². The van der Waals surface area contributed by atoms with Crippen molar-refractivity contribution < 1.29 is 4.79 Å². The average Bonchev–Trinajstić information content (AvgIpc) is 2.27. The summed E-state index contributed by atoms with van der Waals surface area (Å²) in [6.45, 7) is 6.22. The van der Waals surface area contributed by atoms with E-state index in [1.54, 1.807) is 0 Å². The number of amides is 1. The van der Waals surface area contributed by atoms with Crippen molar-refractivity contribution in [1.29, 1.82) is 0 Å². The van der Waals surface area contributed by atoms with Crippen LogP contribution in [0.25, 0.3) is 0 Å². The van der Waals surface area contributed by atoms with Gasteiger partial charge in [0.25, 0.3) is 0 Å². The molecule has 1 aliphatic heterocycles. The molecule has 0 aromatic heterocycles. The van der Waals surface area contributed by atoms with Crippen molar-refractivity contribution in [2.24, 2.45) is 11.3 Å². The normalized spacial score (nSPS) is 31.6. The summed E-state index contributed by atoms with van der Waals surface area (Å²) in [6, 6.07) is 0.363. The summed E-state index contributed by atoms with van der Waals surface area (Å²) in [6.07, 6.45) is 7.03. The number of carbonyl (C=O) groups excluding carboxylic acids is 1. The standard InChI is InChI=1S/C14H26N2O/c1-3-14(8-5-9-15-10-14)13(17)16-11(2)12-6-4-7-12/h11-12,15H,3-10H2,1-2H3,(H,16,17). The van der Waals surface area contributed by atoms with Crippen LogP contribution in [0.3, 0.4) is 0 Å². The summed E-state index contributed by atoms with van der Waals surface area (Å²) >= 11 is 0. The van der Waals surface area contributed by atoms with Gasteiger partial charge in [0.1, 0.15) is 0 Å². The number of nitrogens with one attached hydrogen (secondary N) is 2. The third-order valence-electron chi connectivity index (χ3n) is 4.85. The van der Waals surface area contributed by atoms with Crippen molar-refractivity contribution in [3.05, 3.63) is 0 Å². The van der Waals surface area contributed by atoms with Crippen LogP contribution in [0.2, 0.25) is 0 Å². The van der Waals surface area contributed by atoms with Gasteiger partial charge in [-0.05, 0) is 51.5 Å². The Balaban J connectivity index is 1.91. The average molecular weight is 238 g/mol. The molecule has 2 aliphatic rings. The second-order valence-electron chi connectivity index (χ2n) is 5.87. The number of hydrogen-bond acceptors (Lipinski definition) is 2. The molecule has 2 unspecified atom stereocenters. The Bertz CT molecular complexity index is 267. The summed E-state index contributed by atoms with van der Waals surface area (Å²) in [4.78, 5) is 12.5. The first-order chi connectivity index (χ1) is 8.18. The molecule has 17 heavy (non-hydrogen) atoms. The van der Waals surface area contributed by atoms with Gasteiger partial charge >= 0.3 is 0 Å². The van der Waals surface area contributed by atoms with Crippen molar-refractivity contribution in [1.82, 2.24) is 10.6 Å². The molecule has 1 amide bonds. The van der Waals surface area contributed by atoms with Gasteiger partial charge in [0.05, 0.1) is 5.41 Å². The van der Waals surface area contributed by atoms with E-state index in [1.165, 1.54) is 19.3 Å². The number of hydrogen-bond donors (Lipinski definition) is 2. The third-order valence-corrected chi connectivity index (χ3v) is 4.85. The van der Waals surface area contributed by atoms with Crippen molar-refractivity contribution in [3.8, 4) is 0 Å². The summed E-state index contributed by atoms with van der Waals surface area (Å²) in [5.74, 6) is 1.01. The first-order valence-corrected chi connectivity index (χ1v) is 7.19. The van der Waals surface area contributed by atoms with E-state index in [9.17, 15) is 4.79 Å². The Labute approximate surface area is 105 Å². The summed E-state index contributed by atoms with van der Waals surface area (Å²) in [5.41, 5.74) is -0.143. The van der Waals surface area contributed by atoms with Gasteiger partial charge in [-0.2, -0.15) is 0 Å². The minimum absolute atomic E-state index is 0.143. The summed E-state index contributed by atoms with van der Waals surface area (Å²) in [5, 5.41) is 6.64. The van der Waals surface area contributed by atoms with Crippen LogP contribution in [-0.4, -0.2) is 25.0 Å². The van der Waals surface area contributed by atoms with Crippen LogP contribution < -0.4 is 10.6 Å². The molecule has 2 atom stereocenters. The van der Waals surface area contributed by atoms with Crippen molar-refractivity contribution in [3.63, 3.8) is 0 Å². The van der Waals surface area contributed by atoms with Gasteiger partial charge in [0, 0.05) is 12.6 Å². The van der Waals surface area contributed by atoms with E-state index in [1.807, 2.05) is 0 Å². The fourth-order valence-electron chi connectivity index (χ4n) is 3.04. The smallest absolute Gasteiger partial charge is 0.227 e. The second kappa shape index (κ2) is 5.38. The molecule has 2 fully saturated rings. The maximum absolute atomic E-state index is 12.5. The monoisotopic (exact) mass is 238 g/mol. The Hall–Kier alpha value is -0.570. The third kappa shape index (κ3) is 2.65. The van der Waals surface area contributed by atoms with E-state index >= 15 is 0 Å². The van der Waals surface area contributed by atoms with Crippen molar-refractivity contribution in [2.45, 2.75) is 58.4 Å². The molecule has 0 bridgehead atoms. The largest absolute Gasteiger partial charge is 0.353 e. The topological polar surface area (TPSA) is 41.1 Å². The van der Waals surface area contributed by atoms with E-state index in [2.05, 4.69) is 24.5 Å². The molecule has 0 aromatic rings. The van der Waals surface area contributed by atoms with Crippen LogP contribution in [0.1, 0.15) is 52.4 Å². The lowest BCUT2D eigenvalue weighted by Crippen LogP contribution is -2.53. The quantitative estimate of drug-likeness (QED) is 0.787. The number of carbonyl (C=O) groups is 1. The maximum Gasteiger partial charge on any atom is 0.227 e. The van der Waals surface area contributed by atoms with Crippen LogP contribution >= 0.6 is 0 Å². The molecule has 3 nitrogen and oxygen atoms in total. The van der Waals surface area contributed by atoms with E-state index in [0.29, 0.717) is 6.04 Å².